The number of aromatic nitrogens is 5. The molecular formula is C24H29F4N7O2. The minimum atomic E-state index is -2.92. The molecule has 1 aliphatic rings. The van der Waals surface area contributed by atoms with E-state index in [1.54, 1.807) is 6.92 Å². The maximum Gasteiger partial charge on any atom is 0.284 e. The molecule has 0 radical (unpaired) electrons. The summed E-state index contributed by atoms with van der Waals surface area (Å²) in [5.41, 5.74) is -0.618. The standard InChI is InChI=1S/C24H29F4N7O2/c1-2-9-24(27,28)10-12-33(15-36)19-8-11-34-22(31-19)17(13-29-34)23(37)30-18-14-35(32-20(18)21(25)26)16-6-4-3-5-7-16/h8,11,13-16,21H,2-7,9-10,12H2,1H3,(H,30,37). The Hall–Kier alpha value is -3.51. The van der Waals surface area contributed by atoms with Gasteiger partial charge in [-0.15, -0.1) is 0 Å². The maximum absolute atomic E-state index is 13.9. The fraction of sp³-hybridized carbons (Fsp3) is 0.542. The van der Waals surface area contributed by atoms with Crippen LogP contribution in [0.25, 0.3) is 5.65 Å². The topological polar surface area (TPSA) is 97.4 Å². The zero-order valence-electron chi connectivity index (χ0n) is 20.4. The molecule has 3 heterocycles. The van der Waals surface area contributed by atoms with E-state index in [4.69, 9.17) is 0 Å². The van der Waals surface area contributed by atoms with E-state index in [0.29, 0.717) is 12.8 Å². The van der Waals surface area contributed by atoms with Gasteiger partial charge < -0.3 is 5.32 Å². The van der Waals surface area contributed by atoms with E-state index in [-0.39, 0.29) is 41.7 Å². The second-order valence-electron chi connectivity index (χ2n) is 9.22. The van der Waals surface area contributed by atoms with Crippen LogP contribution in [0.15, 0.2) is 24.7 Å². The molecule has 0 aromatic carbocycles. The molecule has 3 aromatic rings. The van der Waals surface area contributed by atoms with Gasteiger partial charge in [0.1, 0.15) is 11.4 Å². The van der Waals surface area contributed by atoms with Gasteiger partial charge in [0.2, 0.25) is 12.3 Å². The number of halogens is 4. The molecule has 2 amide bonds. The Labute approximate surface area is 210 Å². The Balaban J connectivity index is 1.56. The van der Waals surface area contributed by atoms with Crippen molar-refractivity contribution in [2.45, 2.75) is 76.7 Å². The van der Waals surface area contributed by atoms with E-state index < -0.39 is 30.4 Å². The SMILES string of the molecule is CCCC(F)(F)CCN(C=O)c1ccn2ncc(C(=O)Nc3cn(C4CCCCC4)nc3C(F)F)c2n1. The lowest BCUT2D eigenvalue weighted by molar-refractivity contribution is -0.107. The number of fused-ring (bicyclic) bond motifs is 1. The van der Waals surface area contributed by atoms with Gasteiger partial charge in [0.05, 0.1) is 17.9 Å². The van der Waals surface area contributed by atoms with Gasteiger partial charge in [-0.2, -0.15) is 10.2 Å². The van der Waals surface area contributed by atoms with E-state index >= 15 is 0 Å². The van der Waals surface area contributed by atoms with Crippen LogP contribution in [0, 0.1) is 0 Å². The zero-order chi connectivity index (χ0) is 26.6. The average Bonchev–Trinajstić information content (AvgIpc) is 3.49. The molecule has 9 nitrogen and oxygen atoms in total. The van der Waals surface area contributed by atoms with Crippen molar-refractivity contribution in [2.75, 3.05) is 16.8 Å². The minimum Gasteiger partial charge on any atom is -0.319 e. The van der Waals surface area contributed by atoms with Gasteiger partial charge in [-0.1, -0.05) is 32.6 Å². The Morgan fingerprint density at radius 3 is 2.70 bits per heavy atom. The zero-order valence-corrected chi connectivity index (χ0v) is 20.4. The van der Waals surface area contributed by atoms with Gasteiger partial charge in [0.15, 0.2) is 11.3 Å². The third kappa shape index (κ3) is 6.08. The largest absolute Gasteiger partial charge is 0.319 e. The molecule has 0 bridgehead atoms. The average molecular weight is 524 g/mol. The van der Waals surface area contributed by atoms with E-state index in [1.165, 1.54) is 33.9 Å². The number of hydrogen-bond acceptors (Lipinski definition) is 5. The number of nitrogens with one attached hydrogen (secondary N) is 1. The number of carbonyl (C=O) groups excluding carboxylic acids is 2. The Morgan fingerprint density at radius 2 is 2.03 bits per heavy atom. The lowest BCUT2D eigenvalue weighted by Crippen LogP contribution is -2.29. The summed E-state index contributed by atoms with van der Waals surface area (Å²) in [5, 5.41) is 10.6. The first kappa shape index (κ1) is 26.6. The van der Waals surface area contributed by atoms with Gasteiger partial charge in [-0.25, -0.2) is 27.1 Å². The van der Waals surface area contributed by atoms with Gasteiger partial charge >= 0.3 is 0 Å². The highest BCUT2D eigenvalue weighted by atomic mass is 19.3. The molecule has 0 aliphatic heterocycles. The van der Waals surface area contributed by atoms with Crippen LogP contribution in [0.4, 0.5) is 29.1 Å². The van der Waals surface area contributed by atoms with Crippen molar-refractivity contribution in [2.24, 2.45) is 0 Å². The Morgan fingerprint density at radius 1 is 1.27 bits per heavy atom. The van der Waals surface area contributed by atoms with Gasteiger partial charge in [0.25, 0.3) is 12.3 Å². The van der Waals surface area contributed by atoms with Crippen molar-refractivity contribution in [1.82, 2.24) is 24.4 Å². The number of rotatable bonds is 11. The molecule has 37 heavy (non-hydrogen) atoms. The van der Waals surface area contributed by atoms with Crippen molar-refractivity contribution in [3.8, 4) is 0 Å². The number of hydrogen-bond donors (Lipinski definition) is 1. The van der Waals surface area contributed by atoms with E-state index in [0.717, 1.165) is 37.0 Å². The first-order valence-corrected chi connectivity index (χ1v) is 12.3. The maximum atomic E-state index is 13.9. The van der Waals surface area contributed by atoms with Crippen LogP contribution < -0.4 is 10.2 Å². The predicted molar refractivity (Wildman–Crippen MR) is 128 cm³/mol. The Bertz CT molecular complexity index is 1240. The van der Waals surface area contributed by atoms with Crippen LogP contribution in [0.1, 0.15) is 86.8 Å². The van der Waals surface area contributed by atoms with Gasteiger partial charge in [-0.05, 0) is 18.9 Å². The third-order valence-corrected chi connectivity index (χ3v) is 6.52. The van der Waals surface area contributed by atoms with Crippen LogP contribution in [-0.4, -0.2) is 49.2 Å². The monoisotopic (exact) mass is 523 g/mol. The molecule has 0 atom stereocenters. The van der Waals surface area contributed by atoms with Crippen LogP contribution in [0.3, 0.4) is 0 Å². The van der Waals surface area contributed by atoms with Crippen molar-refractivity contribution in [3.05, 3.63) is 35.9 Å². The molecule has 3 aromatic heterocycles. The Kier molecular flexibility index (Phi) is 8.08. The summed E-state index contributed by atoms with van der Waals surface area (Å²) in [6.07, 6.45) is 5.77. The summed E-state index contributed by atoms with van der Waals surface area (Å²) in [6.45, 7) is 1.38. The third-order valence-electron chi connectivity index (χ3n) is 6.52. The number of alkyl halides is 4. The summed E-state index contributed by atoms with van der Waals surface area (Å²) in [6, 6.07) is 1.41. The molecular weight excluding hydrogens is 494 g/mol. The summed E-state index contributed by atoms with van der Waals surface area (Å²) >= 11 is 0. The molecule has 0 unspecified atom stereocenters. The first-order chi connectivity index (χ1) is 17.7. The molecule has 1 aliphatic carbocycles. The lowest BCUT2D eigenvalue weighted by Gasteiger charge is -2.21. The highest BCUT2D eigenvalue weighted by Crippen LogP contribution is 2.33. The smallest absolute Gasteiger partial charge is 0.284 e. The number of amides is 2. The number of carbonyl (C=O) groups is 2. The predicted octanol–water partition coefficient (Wildman–Crippen LogP) is 5.41. The van der Waals surface area contributed by atoms with Crippen LogP contribution in [-0.2, 0) is 4.79 Å². The summed E-state index contributed by atoms with van der Waals surface area (Å²) < 4.78 is 58.0. The summed E-state index contributed by atoms with van der Waals surface area (Å²) in [5.74, 6) is -3.61. The van der Waals surface area contributed by atoms with Crippen molar-refractivity contribution >= 4 is 29.5 Å². The van der Waals surface area contributed by atoms with Crippen LogP contribution in [0.5, 0.6) is 0 Å². The van der Waals surface area contributed by atoms with E-state index in [1.807, 2.05) is 0 Å². The molecule has 1 saturated carbocycles. The van der Waals surface area contributed by atoms with Crippen molar-refractivity contribution in [3.63, 3.8) is 0 Å². The molecule has 0 spiro atoms. The van der Waals surface area contributed by atoms with Crippen LogP contribution in [0.2, 0.25) is 0 Å². The van der Waals surface area contributed by atoms with Crippen molar-refractivity contribution < 1.29 is 27.2 Å². The number of nitrogens with zero attached hydrogens (tertiary/aromatic N) is 6. The lowest BCUT2D eigenvalue weighted by atomic mass is 9.96. The molecule has 200 valence electrons. The fourth-order valence-corrected chi connectivity index (χ4v) is 4.56. The summed E-state index contributed by atoms with van der Waals surface area (Å²) in [7, 11) is 0. The molecule has 0 saturated heterocycles. The first-order valence-electron chi connectivity index (χ1n) is 12.3. The second-order valence-corrected chi connectivity index (χ2v) is 9.22. The summed E-state index contributed by atoms with van der Waals surface area (Å²) in [4.78, 5) is 30.0. The second kappa shape index (κ2) is 11.3. The van der Waals surface area contributed by atoms with E-state index in [2.05, 4.69) is 20.5 Å². The van der Waals surface area contributed by atoms with E-state index in [9.17, 15) is 27.2 Å². The molecule has 1 N–H and O–H groups in total. The van der Waals surface area contributed by atoms with Crippen molar-refractivity contribution in [1.29, 1.82) is 0 Å². The fourth-order valence-electron chi connectivity index (χ4n) is 4.56. The molecule has 1 fully saturated rings. The number of anilines is 2. The van der Waals surface area contributed by atoms with Gasteiger partial charge in [-0.3, -0.25) is 19.2 Å². The molecule has 4 rings (SSSR count). The van der Waals surface area contributed by atoms with Gasteiger partial charge in [0, 0.05) is 31.8 Å². The molecule has 13 heteroatoms. The quantitative estimate of drug-likeness (QED) is 0.268. The minimum absolute atomic E-state index is 0.00266. The van der Waals surface area contributed by atoms with Crippen LogP contribution >= 0.6 is 0 Å². The normalized spacial score (nSPS) is 14.9. The highest BCUT2D eigenvalue weighted by molar-refractivity contribution is 6.08. The highest BCUT2D eigenvalue weighted by Gasteiger charge is 2.29.